The lowest BCUT2D eigenvalue weighted by atomic mass is 9.86. The lowest BCUT2D eigenvalue weighted by molar-refractivity contribution is 0.0775. The number of pyridine rings is 1. The number of hydrogen-bond acceptors (Lipinski definition) is 3. The predicted octanol–water partition coefficient (Wildman–Crippen LogP) is 0.201. The summed E-state index contributed by atoms with van der Waals surface area (Å²) in [5.41, 5.74) is 0.538. The zero-order valence-corrected chi connectivity index (χ0v) is 10.2. The van der Waals surface area contributed by atoms with Crippen molar-refractivity contribution < 1.29 is 4.79 Å². The topological polar surface area (TPSA) is 65.2 Å². The third-order valence-electron chi connectivity index (χ3n) is 4.08. The van der Waals surface area contributed by atoms with Gasteiger partial charge in [0, 0.05) is 42.9 Å². The standard InChI is InChI=1S/C13H17N3O2/c17-11-7-10(1-4-15-11)12(18)16-6-3-13(9-16)2-5-14-8-13/h1,4,7,14H,2-3,5-6,8-9H2,(H,15,17). The maximum atomic E-state index is 12.3. The molecule has 1 amide bonds. The molecular weight excluding hydrogens is 230 g/mol. The molecule has 0 bridgehead atoms. The van der Waals surface area contributed by atoms with E-state index in [-0.39, 0.29) is 16.9 Å². The van der Waals surface area contributed by atoms with Crippen LogP contribution in [0.4, 0.5) is 0 Å². The van der Waals surface area contributed by atoms with Gasteiger partial charge in [-0.25, -0.2) is 0 Å². The van der Waals surface area contributed by atoms with Gasteiger partial charge in [0.15, 0.2) is 0 Å². The van der Waals surface area contributed by atoms with E-state index >= 15 is 0 Å². The maximum absolute atomic E-state index is 12.3. The van der Waals surface area contributed by atoms with E-state index in [9.17, 15) is 9.59 Å². The molecule has 5 nitrogen and oxygen atoms in total. The fourth-order valence-corrected chi connectivity index (χ4v) is 3.01. The van der Waals surface area contributed by atoms with Gasteiger partial charge >= 0.3 is 0 Å². The second-order valence-electron chi connectivity index (χ2n) is 5.35. The number of aromatic amines is 1. The number of likely N-dealkylation sites (tertiary alicyclic amines) is 1. The smallest absolute Gasteiger partial charge is 0.254 e. The lowest BCUT2D eigenvalue weighted by Crippen LogP contribution is -2.33. The Morgan fingerprint density at radius 2 is 2.28 bits per heavy atom. The average Bonchev–Trinajstić information content (AvgIpc) is 3.00. The molecule has 0 aliphatic carbocycles. The van der Waals surface area contributed by atoms with E-state index in [1.54, 1.807) is 6.07 Å². The molecular formula is C13H17N3O2. The molecule has 2 saturated heterocycles. The number of nitrogens with one attached hydrogen (secondary N) is 2. The Bertz CT molecular complexity index is 517. The monoisotopic (exact) mass is 247 g/mol. The number of carbonyl (C=O) groups is 1. The highest BCUT2D eigenvalue weighted by Gasteiger charge is 2.41. The summed E-state index contributed by atoms with van der Waals surface area (Å²) in [5.74, 6) is -0.0233. The summed E-state index contributed by atoms with van der Waals surface area (Å²) >= 11 is 0. The van der Waals surface area contributed by atoms with Crippen molar-refractivity contribution in [3.05, 3.63) is 34.2 Å². The lowest BCUT2D eigenvalue weighted by Gasteiger charge is -2.22. The van der Waals surface area contributed by atoms with Crippen LogP contribution in [0.15, 0.2) is 23.1 Å². The minimum Gasteiger partial charge on any atom is -0.338 e. The highest BCUT2D eigenvalue weighted by atomic mass is 16.2. The van der Waals surface area contributed by atoms with Gasteiger partial charge in [-0.2, -0.15) is 0 Å². The van der Waals surface area contributed by atoms with Gasteiger partial charge in [0.1, 0.15) is 0 Å². The molecule has 2 fully saturated rings. The summed E-state index contributed by atoms with van der Waals surface area (Å²) in [6, 6.07) is 3.04. The van der Waals surface area contributed by atoms with Gasteiger partial charge in [-0.1, -0.05) is 0 Å². The van der Waals surface area contributed by atoms with Crippen LogP contribution in [-0.2, 0) is 0 Å². The highest BCUT2D eigenvalue weighted by molar-refractivity contribution is 5.94. The fourth-order valence-electron chi connectivity index (χ4n) is 3.01. The molecule has 3 heterocycles. The predicted molar refractivity (Wildman–Crippen MR) is 67.5 cm³/mol. The van der Waals surface area contributed by atoms with Crippen molar-refractivity contribution in [1.82, 2.24) is 15.2 Å². The molecule has 0 saturated carbocycles. The molecule has 5 heteroatoms. The maximum Gasteiger partial charge on any atom is 0.254 e. The van der Waals surface area contributed by atoms with Crippen LogP contribution in [-0.4, -0.2) is 42.0 Å². The van der Waals surface area contributed by atoms with Crippen molar-refractivity contribution in [3.63, 3.8) is 0 Å². The molecule has 1 unspecified atom stereocenters. The Labute approximate surface area is 105 Å². The van der Waals surface area contributed by atoms with Crippen LogP contribution in [0.3, 0.4) is 0 Å². The van der Waals surface area contributed by atoms with Gasteiger partial charge in [-0.3, -0.25) is 9.59 Å². The molecule has 1 spiro atoms. The SMILES string of the molecule is O=C(c1cc[nH]c(=O)c1)N1CCC2(CCNC2)C1. The second kappa shape index (κ2) is 4.24. The molecule has 3 rings (SSSR count). The van der Waals surface area contributed by atoms with Gasteiger partial charge in [0.25, 0.3) is 5.91 Å². The van der Waals surface area contributed by atoms with Crippen LogP contribution in [0, 0.1) is 5.41 Å². The van der Waals surface area contributed by atoms with Crippen LogP contribution in [0.2, 0.25) is 0 Å². The summed E-state index contributed by atoms with van der Waals surface area (Å²) in [5, 5.41) is 3.37. The Balaban J connectivity index is 1.76. The first-order valence-electron chi connectivity index (χ1n) is 6.37. The molecule has 2 aliphatic rings. The number of carbonyl (C=O) groups excluding carboxylic acids is 1. The van der Waals surface area contributed by atoms with Crippen LogP contribution in [0.25, 0.3) is 0 Å². The molecule has 2 aliphatic heterocycles. The number of hydrogen-bond donors (Lipinski definition) is 2. The highest BCUT2D eigenvalue weighted by Crippen LogP contribution is 2.36. The molecule has 18 heavy (non-hydrogen) atoms. The zero-order valence-electron chi connectivity index (χ0n) is 10.2. The Kier molecular flexibility index (Phi) is 2.70. The summed E-state index contributed by atoms with van der Waals surface area (Å²) in [7, 11) is 0. The number of rotatable bonds is 1. The summed E-state index contributed by atoms with van der Waals surface area (Å²) in [4.78, 5) is 27.9. The quantitative estimate of drug-likeness (QED) is 0.745. The second-order valence-corrected chi connectivity index (χ2v) is 5.35. The number of nitrogens with zero attached hydrogens (tertiary/aromatic N) is 1. The van der Waals surface area contributed by atoms with Gasteiger partial charge < -0.3 is 15.2 Å². The third-order valence-corrected chi connectivity index (χ3v) is 4.08. The summed E-state index contributed by atoms with van der Waals surface area (Å²) in [6.07, 6.45) is 3.74. The van der Waals surface area contributed by atoms with E-state index in [4.69, 9.17) is 0 Å². The van der Waals surface area contributed by atoms with Crippen molar-refractivity contribution in [3.8, 4) is 0 Å². The van der Waals surface area contributed by atoms with Crippen molar-refractivity contribution in [2.75, 3.05) is 26.2 Å². The molecule has 0 aromatic carbocycles. The van der Waals surface area contributed by atoms with Gasteiger partial charge in [0.05, 0.1) is 0 Å². The first-order valence-corrected chi connectivity index (χ1v) is 6.37. The van der Waals surface area contributed by atoms with Gasteiger partial charge in [-0.05, 0) is 25.5 Å². The van der Waals surface area contributed by atoms with Crippen LogP contribution in [0.5, 0.6) is 0 Å². The van der Waals surface area contributed by atoms with Crippen LogP contribution < -0.4 is 10.9 Å². The Morgan fingerprint density at radius 1 is 1.39 bits per heavy atom. The van der Waals surface area contributed by atoms with Gasteiger partial charge in [0.2, 0.25) is 5.56 Å². The number of aromatic nitrogens is 1. The molecule has 2 N–H and O–H groups in total. The third kappa shape index (κ3) is 1.95. The first-order chi connectivity index (χ1) is 8.69. The molecule has 96 valence electrons. The van der Waals surface area contributed by atoms with E-state index < -0.39 is 0 Å². The minimum absolute atomic E-state index is 0.0233. The Morgan fingerprint density at radius 3 is 3.00 bits per heavy atom. The van der Waals surface area contributed by atoms with Gasteiger partial charge in [-0.15, -0.1) is 0 Å². The molecule has 1 aromatic rings. The normalized spacial score (nSPS) is 27.0. The number of amides is 1. The van der Waals surface area contributed by atoms with E-state index in [0.717, 1.165) is 39.0 Å². The van der Waals surface area contributed by atoms with E-state index in [0.29, 0.717) is 5.56 Å². The average molecular weight is 247 g/mol. The van der Waals surface area contributed by atoms with E-state index in [2.05, 4.69) is 10.3 Å². The summed E-state index contributed by atoms with van der Waals surface area (Å²) < 4.78 is 0. The zero-order chi connectivity index (χ0) is 12.6. The van der Waals surface area contributed by atoms with Crippen molar-refractivity contribution in [2.45, 2.75) is 12.8 Å². The fraction of sp³-hybridized carbons (Fsp3) is 0.538. The van der Waals surface area contributed by atoms with Crippen LogP contribution >= 0.6 is 0 Å². The van der Waals surface area contributed by atoms with Crippen molar-refractivity contribution in [2.24, 2.45) is 5.41 Å². The first kappa shape index (κ1) is 11.5. The molecule has 1 aromatic heterocycles. The molecule has 0 radical (unpaired) electrons. The minimum atomic E-state index is -0.225. The van der Waals surface area contributed by atoms with E-state index in [1.807, 2.05) is 4.90 Å². The van der Waals surface area contributed by atoms with Crippen molar-refractivity contribution in [1.29, 1.82) is 0 Å². The molecule has 1 atom stereocenters. The van der Waals surface area contributed by atoms with Crippen molar-refractivity contribution >= 4 is 5.91 Å². The summed E-state index contributed by atoms with van der Waals surface area (Å²) in [6.45, 7) is 3.66. The Hall–Kier alpha value is -1.62. The largest absolute Gasteiger partial charge is 0.338 e. The number of H-pyrrole nitrogens is 1. The van der Waals surface area contributed by atoms with Crippen LogP contribution in [0.1, 0.15) is 23.2 Å². The van der Waals surface area contributed by atoms with E-state index in [1.165, 1.54) is 12.3 Å².